The summed E-state index contributed by atoms with van der Waals surface area (Å²) in [5.41, 5.74) is 3.63. The van der Waals surface area contributed by atoms with E-state index in [-0.39, 0.29) is 11.9 Å². The van der Waals surface area contributed by atoms with Gasteiger partial charge in [-0.05, 0) is 46.5 Å². The average molecular weight is 456 g/mol. The predicted molar refractivity (Wildman–Crippen MR) is 132 cm³/mol. The van der Waals surface area contributed by atoms with E-state index < -0.39 is 5.97 Å². The van der Waals surface area contributed by atoms with Gasteiger partial charge in [-0.2, -0.15) is 0 Å². The predicted octanol–water partition coefficient (Wildman–Crippen LogP) is 4.62. The number of ether oxygens (including phenoxy) is 2. The summed E-state index contributed by atoms with van der Waals surface area (Å²) in [6, 6.07) is 23.6. The van der Waals surface area contributed by atoms with E-state index in [0.717, 1.165) is 25.1 Å². The molecule has 6 nitrogen and oxygen atoms in total. The van der Waals surface area contributed by atoms with Gasteiger partial charge in [-0.15, -0.1) is 0 Å². The molecule has 0 bridgehead atoms. The lowest BCUT2D eigenvalue weighted by Gasteiger charge is -2.32. The molecule has 1 aliphatic heterocycles. The second-order valence-corrected chi connectivity index (χ2v) is 8.70. The number of benzene rings is 3. The van der Waals surface area contributed by atoms with E-state index >= 15 is 0 Å². The average Bonchev–Trinajstić information content (AvgIpc) is 3.43. The van der Waals surface area contributed by atoms with E-state index in [1.54, 1.807) is 6.20 Å². The molecular weight excluding hydrogens is 426 g/mol. The van der Waals surface area contributed by atoms with E-state index in [2.05, 4.69) is 82.0 Å². The third kappa shape index (κ3) is 5.35. The molecular formula is C28H29N3O3. The molecule has 1 aliphatic rings. The van der Waals surface area contributed by atoms with Gasteiger partial charge in [-0.1, -0.05) is 60.7 Å². The molecule has 2 N–H and O–H groups in total. The van der Waals surface area contributed by atoms with Crippen LogP contribution in [-0.4, -0.2) is 41.7 Å². The van der Waals surface area contributed by atoms with Crippen molar-refractivity contribution in [1.82, 2.24) is 15.3 Å². The normalized spacial score (nSPS) is 18.1. The third-order valence-electron chi connectivity index (χ3n) is 6.43. The summed E-state index contributed by atoms with van der Waals surface area (Å²) < 4.78 is 11.7. The Bertz CT molecular complexity index is 1220. The minimum atomic E-state index is -0.428. The molecule has 174 valence electrons. The molecule has 1 aromatic heterocycles. The van der Waals surface area contributed by atoms with Gasteiger partial charge in [0, 0.05) is 31.3 Å². The maximum atomic E-state index is 11.9. The van der Waals surface area contributed by atoms with Crippen LogP contribution in [0.15, 0.2) is 79.1 Å². The number of piperidine rings is 1. The summed E-state index contributed by atoms with van der Waals surface area (Å²) in [6.07, 6.45) is 4.98. The van der Waals surface area contributed by atoms with Crippen LogP contribution < -0.4 is 5.32 Å². The zero-order valence-corrected chi connectivity index (χ0v) is 19.1. The van der Waals surface area contributed by atoms with Crippen LogP contribution in [0.2, 0.25) is 0 Å². The van der Waals surface area contributed by atoms with Crippen molar-refractivity contribution in [2.45, 2.75) is 31.5 Å². The van der Waals surface area contributed by atoms with Crippen LogP contribution in [0.4, 0.5) is 0 Å². The summed E-state index contributed by atoms with van der Waals surface area (Å²) >= 11 is 0. The Hall–Kier alpha value is -3.48. The highest BCUT2D eigenvalue weighted by molar-refractivity contribution is 5.85. The lowest BCUT2D eigenvalue weighted by Crippen LogP contribution is -2.40. The van der Waals surface area contributed by atoms with Crippen LogP contribution in [0.25, 0.3) is 10.8 Å². The SMILES string of the molecule is O=C(OCCc1ccc(C2CCNCC2OCc2ccc3ccccc3c2)cc1)c1ncc[nH]1. The zero-order chi connectivity index (χ0) is 23.2. The molecule has 5 rings (SSSR count). The minimum Gasteiger partial charge on any atom is -0.459 e. The quantitative estimate of drug-likeness (QED) is 0.379. The molecule has 0 aliphatic carbocycles. The van der Waals surface area contributed by atoms with Gasteiger partial charge in [0.25, 0.3) is 0 Å². The largest absolute Gasteiger partial charge is 0.459 e. The zero-order valence-electron chi connectivity index (χ0n) is 19.1. The molecule has 2 heterocycles. The lowest BCUT2D eigenvalue weighted by molar-refractivity contribution is 0.0106. The molecule has 6 heteroatoms. The summed E-state index contributed by atoms with van der Waals surface area (Å²) in [5.74, 6) is 0.159. The highest BCUT2D eigenvalue weighted by Gasteiger charge is 2.27. The van der Waals surface area contributed by atoms with Gasteiger partial charge in [-0.3, -0.25) is 0 Å². The van der Waals surface area contributed by atoms with Gasteiger partial charge in [0.05, 0.1) is 19.3 Å². The first-order valence-electron chi connectivity index (χ1n) is 11.8. The maximum absolute atomic E-state index is 11.9. The van der Waals surface area contributed by atoms with Gasteiger partial charge < -0.3 is 19.8 Å². The van der Waals surface area contributed by atoms with Gasteiger partial charge in [0.1, 0.15) is 0 Å². The second kappa shape index (κ2) is 10.6. The molecule has 0 spiro atoms. The number of hydrogen-bond acceptors (Lipinski definition) is 5. The first-order chi connectivity index (χ1) is 16.8. The number of carbonyl (C=O) groups excluding carboxylic acids is 1. The molecule has 2 unspecified atom stereocenters. The lowest BCUT2D eigenvalue weighted by atomic mass is 9.87. The molecule has 0 amide bonds. The fraction of sp³-hybridized carbons (Fsp3) is 0.286. The number of nitrogens with zero attached hydrogens (tertiary/aromatic N) is 1. The van der Waals surface area contributed by atoms with Gasteiger partial charge in [-0.25, -0.2) is 9.78 Å². The fourth-order valence-electron chi connectivity index (χ4n) is 4.56. The number of aromatic nitrogens is 2. The van der Waals surface area contributed by atoms with Crippen LogP contribution in [0.5, 0.6) is 0 Å². The number of hydrogen-bond donors (Lipinski definition) is 2. The van der Waals surface area contributed by atoms with Crippen molar-refractivity contribution < 1.29 is 14.3 Å². The van der Waals surface area contributed by atoms with Crippen molar-refractivity contribution in [3.8, 4) is 0 Å². The standard InChI is InChI=1S/C28H29N3O3/c32-28(27-30-14-15-31-27)33-16-12-20-5-9-23(10-6-20)25-11-13-29-18-26(25)34-19-21-7-8-22-3-1-2-4-24(22)17-21/h1-10,14-15,17,25-26,29H,11-13,16,18-19H2,(H,30,31). The van der Waals surface area contributed by atoms with Crippen LogP contribution in [0.3, 0.4) is 0 Å². The molecule has 2 atom stereocenters. The monoisotopic (exact) mass is 455 g/mol. The van der Waals surface area contributed by atoms with Crippen molar-refractivity contribution in [1.29, 1.82) is 0 Å². The smallest absolute Gasteiger partial charge is 0.374 e. The number of fused-ring (bicyclic) bond motifs is 1. The Kier molecular flexibility index (Phi) is 6.98. The van der Waals surface area contributed by atoms with E-state index in [1.165, 1.54) is 28.1 Å². The molecule has 1 saturated heterocycles. The van der Waals surface area contributed by atoms with Gasteiger partial charge in [0.15, 0.2) is 0 Å². The number of carbonyl (C=O) groups is 1. The Morgan fingerprint density at radius 2 is 1.82 bits per heavy atom. The van der Waals surface area contributed by atoms with Crippen LogP contribution >= 0.6 is 0 Å². The number of H-pyrrole nitrogens is 1. The van der Waals surface area contributed by atoms with E-state index in [9.17, 15) is 4.79 Å². The first-order valence-corrected chi connectivity index (χ1v) is 11.8. The number of rotatable bonds is 8. The molecule has 4 aromatic rings. The topological polar surface area (TPSA) is 76.2 Å². The number of imidazole rings is 1. The fourth-order valence-corrected chi connectivity index (χ4v) is 4.56. The summed E-state index contributed by atoms with van der Waals surface area (Å²) in [7, 11) is 0. The number of aromatic amines is 1. The number of esters is 1. The molecule has 0 saturated carbocycles. The van der Waals surface area contributed by atoms with E-state index in [0.29, 0.717) is 25.6 Å². The highest BCUT2D eigenvalue weighted by Crippen LogP contribution is 2.29. The minimum absolute atomic E-state index is 0.125. The number of nitrogens with one attached hydrogen (secondary N) is 2. The van der Waals surface area contributed by atoms with E-state index in [4.69, 9.17) is 9.47 Å². The Morgan fingerprint density at radius 3 is 2.65 bits per heavy atom. The van der Waals surface area contributed by atoms with Crippen LogP contribution in [0.1, 0.15) is 39.6 Å². The van der Waals surface area contributed by atoms with Gasteiger partial charge in [0.2, 0.25) is 5.82 Å². The molecule has 1 fully saturated rings. The molecule has 3 aromatic carbocycles. The second-order valence-electron chi connectivity index (χ2n) is 8.70. The van der Waals surface area contributed by atoms with Crippen LogP contribution in [-0.2, 0) is 22.5 Å². The summed E-state index contributed by atoms with van der Waals surface area (Å²) in [6.45, 7) is 2.77. The Morgan fingerprint density at radius 1 is 1.00 bits per heavy atom. The maximum Gasteiger partial charge on any atom is 0.374 e. The summed E-state index contributed by atoms with van der Waals surface area (Å²) in [5, 5.41) is 5.97. The van der Waals surface area contributed by atoms with Crippen molar-refractivity contribution in [3.05, 3.63) is 102 Å². The Labute approximate surface area is 199 Å². The van der Waals surface area contributed by atoms with Crippen LogP contribution in [0, 0.1) is 0 Å². The van der Waals surface area contributed by atoms with Crippen molar-refractivity contribution in [2.24, 2.45) is 0 Å². The summed E-state index contributed by atoms with van der Waals surface area (Å²) in [4.78, 5) is 18.6. The Balaban J connectivity index is 1.17. The highest BCUT2D eigenvalue weighted by atomic mass is 16.5. The first kappa shape index (κ1) is 22.3. The van der Waals surface area contributed by atoms with Gasteiger partial charge >= 0.3 is 5.97 Å². The van der Waals surface area contributed by atoms with Crippen molar-refractivity contribution in [3.63, 3.8) is 0 Å². The van der Waals surface area contributed by atoms with E-state index in [1.807, 2.05) is 0 Å². The molecule has 0 radical (unpaired) electrons. The third-order valence-corrected chi connectivity index (χ3v) is 6.43. The van der Waals surface area contributed by atoms with Crippen molar-refractivity contribution in [2.75, 3.05) is 19.7 Å². The molecule has 34 heavy (non-hydrogen) atoms. The van der Waals surface area contributed by atoms with Crippen molar-refractivity contribution >= 4 is 16.7 Å².